The molecule has 1 amide bonds. The second-order valence-corrected chi connectivity index (χ2v) is 5.22. The summed E-state index contributed by atoms with van der Waals surface area (Å²) in [6, 6.07) is 7.36. The Morgan fingerprint density at radius 3 is 3.00 bits per heavy atom. The number of anilines is 1. The number of aromatic nitrogens is 3. The number of hydrogen-bond donors (Lipinski definition) is 2. The minimum absolute atomic E-state index is 0.227. The van der Waals surface area contributed by atoms with Crippen molar-refractivity contribution >= 4 is 34.2 Å². The number of halogens is 1. The van der Waals surface area contributed by atoms with E-state index in [1.165, 1.54) is 0 Å². The first-order chi connectivity index (χ1) is 10.1. The quantitative estimate of drug-likeness (QED) is 0.779. The number of nitrogens with zero attached hydrogens (tertiary/aromatic N) is 2. The molecule has 0 spiro atoms. The summed E-state index contributed by atoms with van der Waals surface area (Å²) in [6.45, 7) is 2.04. The van der Waals surface area contributed by atoms with Crippen LogP contribution in [0.15, 0.2) is 30.5 Å². The van der Waals surface area contributed by atoms with Crippen LogP contribution in [0.1, 0.15) is 23.0 Å². The molecule has 0 aliphatic rings. The van der Waals surface area contributed by atoms with E-state index in [-0.39, 0.29) is 5.91 Å². The van der Waals surface area contributed by atoms with Crippen LogP contribution < -0.4 is 5.32 Å². The number of fused-ring (bicyclic) bond motifs is 1. The number of nitrogens with one attached hydrogen (secondary N) is 2. The molecule has 0 atom stereocenters. The van der Waals surface area contributed by atoms with Crippen LogP contribution in [0.3, 0.4) is 0 Å². The Labute approximate surface area is 126 Å². The van der Waals surface area contributed by atoms with Gasteiger partial charge in [-0.1, -0.05) is 24.6 Å². The van der Waals surface area contributed by atoms with E-state index in [0.29, 0.717) is 16.4 Å². The van der Waals surface area contributed by atoms with Gasteiger partial charge in [0.05, 0.1) is 10.6 Å². The SMILES string of the molecule is CCc1cc(NC(=O)c2c[nH]c3cccc(Cl)c23)nn1C. The van der Waals surface area contributed by atoms with Crippen LogP contribution in [-0.4, -0.2) is 20.7 Å². The highest BCUT2D eigenvalue weighted by Gasteiger charge is 2.16. The average molecular weight is 303 g/mol. The van der Waals surface area contributed by atoms with Crippen molar-refractivity contribution in [2.45, 2.75) is 13.3 Å². The Morgan fingerprint density at radius 2 is 2.29 bits per heavy atom. The van der Waals surface area contributed by atoms with Gasteiger partial charge in [-0.05, 0) is 18.6 Å². The molecule has 0 bridgehead atoms. The number of aromatic amines is 1. The smallest absolute Gasteiger partial charge is 0.259 e. The predicted molar refractivity (Wildman–Crippen MR) is 83.8 cm³/mol. The highest BCUT2D eigenvalue weighted by molar-refractivity contribution is 6.37. The maximum Gasteiger partial charge on any atom is 0.259 e. The summed E-state index contributed by atoms with van der Waals surface area (Å²) in [4.78, 5) is 15.5. The lowest BCUT2D eigenvalue weighted by molar-refractivity contribution is 0.102. The molecule has 2 N–H and O–H groups in total. The van der Waals surface area contributed by atoms with Gasteiger partial charge in [-0.3, -0.25) is 9.48 Å². The second kappa shape index (κ2) is 5.26. The molecular weight excluding hydrogens is 288 g/mol. The molecule has 0 saturated heterocycles. The summed E-state index contributed by atoms with van der Waals surface area (Å²) in [5.74, 6) is 0.316. The zero-order valence-corrected chi connectivity index (χ0v) is 12.5. The predicted octanol–water partition coefficient (Wildman–Crippen LogP) is 3.37. The Hall–Kier alpha value is -2.27. The summed E-state index contributed by atoms with van der Waals surface area (Å²) in [7, 11) is 1.86. The van der Waals surface area contributed by atoms with Gasteiger partial charge < -0.3 is 10.3 Å². The van der Waals surface area contributed by atoms with Crippen molar-refractivity contribution in [3.8, 4) is 0 Å². The van der Waals surface area contributed by atoms with E-state index in [4.69, 9.17) is 11.6 Å². The summed E-state index contributed by atoms with van der Waals surface area (Å²) in [6.07, 6.45) is 2.52. The van der Waals surface area contributed by atoms with Crippen molar-refractivity contribution in [2.75, 3.05) is 5.32 Å². The molecule has 0 radical (unpaired) electrons. The number of benzene rings is 1. The number of hydrogen-bond acceptors (Lipinski definition) is 2. The molecule has 5 nitrogen and oxygen atoms in total. The summed E-state index contributed by atoms with van der Waals surface area (Å²) < 4.78 is 1.76. The molecule has 3 aromatic rings. The number of amides is 1. The molecule has 0 aliphatic carbocycles. The number of aryl methyl sites for hydroxylation is 2. The molecule has 0 fully saturated rings. The Bertz CT molecular complexity index is 818. The molecule has 0 unspecified atom stereocenters. The average Bonchev–Trinajstić information content (AvgIpc) is 3.03. The van der Waals surface area contributed by atoms with Crippen LogP contribution >= 0.6 is 11.6 Å². The van der Waals surface area contributed by atoms with E-state index in [9.17, 15) is 4.79 Å². The molecule has 21 heavy (non-hydrogen) atoms. The Balaban J connectivity index is 1.93. The highest BCUT2D eigenvalue weighted by atomic mass is 35.5. The van der Waals surface area contributed by atoms with Crippen molar-refractivity contribution in [3.05, 3.63) is 46.7 Å². The lowest BCUT2D eigenvalue weighted by Gasteiger charge is -2.01. The monoisotopic (exact) mass is 302 g/mol. The third-order valence-electron chi connectivity index (χ3n) is 3.48. The van der Waals surface area contributed by atoms with Gasteiger partial charge in [0.1, 0.15) is 0 Å². The molecule has 2 heterocycles. The lowest BCUT2D eigenvalue weighted by atomic mass is 10.1. The van der Waals surface area contributed by atoms with Gasteiger partial charge in [-0.25, -0.2) is 0 Å². The van der Waals surface area contributed by atoms with Crippen LogP contribution in [0.5, 0.6) is 0 Å². The van der Waals surface area contributed by atoms with Crippen molar-refractivity contribution < 1.29 is 4.79 Å². The van der Waals surface area contributed by atoms with Crippen LogP contribution in [0.4, 0.5) is 5.82 Å². The lowest BCUT2D eigenvalue weighted by Crippen LogP contribution is -2.12. The van der Waals surface area contributed by atoms with Gasteiger partial charge in [0, 0.05) is 35.9 Å². The molecule has 3 rings (SSSR count). The first-order valence-corrected chi connectivity index (χ1v) is 7.07. The minimum Gasteiger partial charge on any atom is -0.360 e. The molecule has 2 aromatic heterocycles. The van der Waals surface area contributed by atoms with E-state index in [1.807, 2.05) is 32.2 Å². The van der Waals surface area contributed by atoms with E-state index in [2.05, 4.69) is 15.4 Å². The van der Waals surface area contributed by atoms with Gasteiger partial charge in [-0.2, -0.15) is 5.10 Å². The molecule has 0 aliphatic heterocycles. The van der Waals surface area contributed by atoms with Crippen LogP contribution in [0, 0.1) is 0 Å². The van der Waals surface area contributed by atoms with Gasteiger partial charge in [0.2, 0.25) is 0 Å². The largest absolute Gasteiger partial charge is 0.360 e. The normalized spacial score (nSPS) is 11.0. The van der Waals surface area contributed by atoms with E-state index in [0.717, 1.165) is 23.0 Å². The maximum absolute atomic E-state index is 12.4. The topological polar surface area (TPSA) is 62.7 Å². The fourth-order valence-corrected chi connectivity index (χ4v) is 2.68. The number of rotatable bonds is 3. The molecule has 1 aromatic carbocycles. The van der Waals surface area contributed by atoms with Crippen LogP contribution in [-0.2, 0) is 13.5 Å². The Morgan fingerprint density at radius 1 is 1.48 bits per heavy atom. The van der Waals surface area contributed by atoms with E-state index < -0.39 is 0 Å². The fraction of sp³-hybridized carbons (Fsp3) is 0.200. The first kappa shape index (κ1) is 13.7. The van der Waals surface area contributed by atoms with Crippen molar-refractivity contribution in [3.63, 3.8) is 0 Å². The number of carbonyl (C=O) groups excluding carboxylic acids is 1. The second-order valence-electron chi connectivity index (χ2n) is 4.82. The third kappa shape index (κ3) is 2.40. The third-order valence-corrected chi connectivity index (χ3v) is 3.80. The molecule has 6 heteroatoms. The van der Waals surface area contributed by atoms with Crippen LogP contribution in [0.2, 0.25) is 5.02 Å². The van der Waals surface area contributed by atoms with Gasteiger partial charge in [0.25, 0.3) is 5.91 Å². The summed E-state index contributed by atoms with van der Waals surface area (Å²) in [5, 5.41) is 8.36. The summed E-state index contributed by atoms with van der Waals surface area (Å²) in [5.41, 5.74) is 2.41. The van der Waals surface area contributed by atoms with Gasteiger partial charge in [0.15, 0.2) is 5.82 Å². The molecular formula is C15H15ClN4O. The summed E-state index contributed by atoms with van der Waals surface area (Å²) >= 11 is 6.18. The molecule has 108 valence electrons. The molecule has 0 saturated carbocycles. The zero-order valence-electron chi connectivity index (χ0n) is 11.8. The van der Waals surface area contributed by atoms with Crippen LogP contribution in [0.25, 0.3) is 10.9 Å². The number of H-pyrrole nitrogens is 1. The highest BCUT2D eigenvalue weighted by Crippen LogP contribution is 2.27. The first-order valence-electron chi connectivity index (χ1n) is 6.70. The Kier molecular flexibility index (Phi) is 3.43. The van der Waals surface area contributed by atoms with E-state index in [1.54, 1.807) is 16.9 Å². The maximum atomic E-state index is 12.4. The number of carbonyl (C=O) groups is 1. The fourth-order valence-electron chi connectivity index (χ4n) is 2.40. The van der Waals surface area contributed by atoms with Crippen molar-refractivity contribution in [1.29, 1.82) is 0 Å². The van der Waals surface area contributed by atoms with Gasteiger partial charge >= 0.3 is 0 Å². The van der Waals surface area contributed by atoms with Crippen molar-refractivity contribution in [2.24, 2.45) is 7.05 Å². The van der Waals surface area contributed by atoms with Crippen molar-refractivity contribution in [1.82, 2.24) is 14.8 Å². The standard InChI is InChI=1S/C15H15ClN4O/c1-3-9-7-13(19-20(9)2)18-15(21)10-8-17-12-6-4-5-11(16)14(10)12/h4-8,17H,3H2,1-2H3,(H,18,19,21). The van der Waals surface area contributed by atoms with Gasteiger partial charge in [-0.15, -0.1) is 0 Å². The van der Waals surface area contributed by atoms with E-state index >= 15 is 0 Å². The zero-order chi connectivity index (χ0) is 15.0. The minimum atomic E-state index is -0.227.